The summed E-state index contributed by atoms with van der Waals surface area (Å²) in [6.07, 6.45) is 0. The molecule has 0 saturated heterocycles. The summed E-state index contributed by atoms with van der Waals surface area (Å²) in [6, 6.07) is 10.2. The number of hydrogen-bond acceptors (Lipinski definition) is 5. The summed E-state index contributed by atoms with van der Waals surface area (Å²) in [4.78, 5) is 0. The maximum atomic E-state index is 9.46. The van der Waals surface area contributed by atoms with Gasteiger partial charge in [-0.25, -0.2) is 0 Å². The number of aliphatic hydroxyl groups is 4. The number of aliphatic hydroxyl groups excluding tert-OH is 4. The Bertz CT molecular complexity index is 556. The maximum absolute atomic E-state index is 9.46. The van der Waals surface area contributed by atoms with Gasteiger partial charge in [-0.2, -0.15) is 0 Å². The Labute approximate surface area is 122 Å². The third-order valence-electron chi connectivity index (χ3n) is 3.34. The maximum Gasteiger partial charge on any atom is 0.133 e. The smallest absolute Gasteiger partial charge is 0.133 e. The van der Waals surface area contributed by atoms with Crippen LogP contribution in [0, 0.1) is 0 Å². The molecular formula is C16H18O5. The van der Waals surface area contributed by atoms with Crippen LogP contribution in [0.4, 0.5) is 0 Å². The van der Waals surface area contributed by atoms with Crippen molar-refractivity contribution in [1.82, 2.24) is 0 Å². The zero-order chi connectivity index (χ0) is 15.2. The molecule has 0 fully saturated rings. The first-order valence-electron chi connectivity index (χ1n) is 6.58. The summed E-state index contributed by atoms with van der Waals surface area (Å²) in [6.45, 7) is -0.923. The predicted molar refractivity (Wildman–Crippen MR) is 76.6 cm³/mol. The highest BCUT2D eigenvalue weighted by molar-refractivity contribution is 5.46. The molecule has 0 spiro atoms. The van der Waals surface area contributed by atoms with Crippen LogP contribution >= 0.6 is 0 Å². The lowest BCUT2D eigenvalue weighted by molar-refractivity contribution is 0.251. The van der Waals surface area contributed by atoms with Gasteiger partial charge >= 0.3 is 0 Å². The van der Waals surface area contributed by atoms with Crippen molar-refractivity contribution in [3.05, 3.63) is 58.7 Å². The lowest BCUT2D eigenvalue weighted by Gasteiger charge is -2.16. The van der Waals surface area contributed by atoms with Gasteiger partial charge in [-0.1, -0.05) is 24.3 Å². The molecule has 5 nitrogen and oxygen atoms in total. The van der Waals surface area contributed by atoms with Gasteiger partial charge in [0.05, 0.1) is 26.4 Å². The van der Waals surface area contributed by atoms with Gasteiger partial charge in [0.1, 0.15) is 11.5 Å². The second-order valence-corrected chi connectivity index (χ2v) is 4.52. The Hall–Kier alpha value is -1.92. The molecular weight excluding hydrogens is 272 g/mol. The largest absolute Gasteiger partial charge is 0.457 e. The van der Waals surface area contributed by atoms with Crippen LogP contribution in [0.1, 0.15) is 22.3 Å². The van der Waals surface area contributed by atoms with Crippen LogP contribution in [-0.2, 0) is 26.4 Å². The molecule has 5 heteroatoms. The van der Waals surface area contributed by atoms with E-state index in [9.17, 15) is 20.4 Å². The molecule has 0 aliphatic heterocycles. The molecule has 2 aromatic rings. The summed E-state index contributed by atoms with van der Waals surface area (Å²) < 4.78 is 5.77. The highest BCUT2D eigenvalue weighted by atomic mass is 16.5. The van der Waals surface area contributed by atoms with E-state index in [4.69, 9.17) is 4.74 Å². The summed E-state index contributed by atoms with van der Waals surface area (Å²) in [5, 5.41) is 37.5. The van der Waals surface area contributed by atoms with E-state index in [1.807, 2.05) is 0 Å². The summed E-state index contributed by atoms with van der Waals surface area (Å²) in [7, 11) is 0. The molecule has 0 radical (unpaired) electrons. The molecule has 0 aliphatic carbocycles. The zero-order valence-corrected chi connectivity index (χ0v) is 11.5. The van der Waals surface area contributed by atoms with Crippen molar-refractivity contribution in [1.29, 1.82) is 0 Å². The molecule has 0 unspecified atom stereocenters. The quantitative estimate of drug-likeness (QED) is 0.646. The van der Waals surface area contributed by atoms with E-state index in [2.05, 4.69) is 0 Å². The third kappa shape index (κ3) is 3.22. The van der Waals surface area contributed by atoms with Crippen molar-refractivity contribution in [2.45, 2.75) is 26.4 Å². The van der Waals surface area contributed by atoms with Crippen LogP contribution in [0.25, 0.3) is 0 Å². The molecule has 0 saturated carbocycles. The first kappa shape index (κ1) is 15.5. The first-order chi connectivity index (χ1) is 10.2. The van der Waals surface area contributed by atoms with Crippen LogP contribution < -0.4 is 4.74 Å². The second-order valence-electron chi connectivity index (χ2n) is 4.52. The van der Waals surface area contributed by atoms with Crippen molar-refractivity contribution >= 4 is 0 Å². The molecule has 0 aromatic heterocycles. The van der Waals surface area contributed by atoms with Gasteiger partial charge in [0, 0.05) is 11.1 Å². The minimum absolute atomic E-state index is 0.198. The predicted octanol–water partition coefficient (Wildman–Crippen LogP) is 1.45. The fourth-order valence-electron chi connectivity index (χ4n) is 2.19. The van der Waals surface area contributed by atoms with Gasteiger partial charge < -0.3 is 25.2 Å². The number of ether oxygens (including phenoxy) is 1. The summed E-state index contributed by atoms with van der Waals surface area (Å²) in [5.41, 5.74) is 2.16. The molecule has 112 valence electrons. The lowest BCUT2D eigenvalue weighted by atomic mass is 10.1. The van der Waals surface area contributed by atoms with E-state index < -0.39 is 0 Å². The minimum Gasteiger partial charge on any atom is -0.457 e. The van der Waals surface area contributed by atoms with Crippen LogP contribution in [-0.4, -0.2) is 20.4 Å². The van der Waals surface area contributed by atoms with Crippen LogP contribution in [0.2, 0.25) is 0 Å². The van der Waals surface area contributed by atoms with E-state index in [1.54, 1.807) is 36.4 Å². The fourth-order valence-corrected chi connectivity index (χ4v) is 2.19. The Kier molecular flexibility index (Phi) is 5.30. The average Bonchev–Trinajstić information content (AvgIpc) is 2.54. The lowest BCUT2D eigenvalue weighted by Crippen LogP contribution is -2.01. The molecule has 0 bridgehead atoms. The van der Waals surface area contributed by atoms with Gasteiger partial charge in [-0.05, 0) is 23.3 Å². The van der Waals surface area contributed by atoms with E-state index >= 15 is 0 Å². The normalized spacial score (nSPS) is 10.7. The standard InChI is InChI=1S/C16H18O5/c17-7-11-3-1-5-15(13(11)9-19)21-16-6-2-4-12(8-18)14(16)10-20/h1-6,17-20H,7-10H2. The average molecular weight is 290 g/mol. The van der Waals surface area contributed by atoms with Gasteiger partial charge in [0.15, 0.2) is 0 Å². The molecule has 0 aliphatic rings. The molecule has 0 atom stereocenters. The Morgan fingerprint density at radius 1 is 0.619 bits per heavy atom. The van der Waals surface area contributed by atoms with Crippen molar-refractivity contribution in [2.75, 3.05) is 0 Å². The van der Waals surface area contributed by atoms with Gasteiger partial charge in [-0.15, -0.1) is 0 Å². The van der Waals surface area contributed by atoms with E-state index in [0.717, 1.165) is 0 Å². The Balaban J connectivity index is 2.43. The summed E-state index contributed by atoms with van der Waals surface area (Å²) >= 11 is 0. The van der Waals surface area contributed by atoms with E-state index in [0.29, 0.717) is 33.8 Å². The van der Waals surface area contributed by atoms with Crippen molar-refractivity contribution in [2.24, 2.45) is 0 Å². The highest BCUT2D eigenvalue weighted by Crippen LogP contribution is 2.31. The molecule has 2 aromatic carbocycles. The van der Waals surface area contributed by atoms with E-state index in [1.165, 1.54) is 0 Å². The molecule has 21 heavy (non-hydrogen) atoms. The molecule has 2 rings (SSSR count). The van der Waals surface area contributed by atoms with Gasteiger partial charge in [0.2, 0.25) is 0 Å². The second kappa shape index (κ2) is 7.19. The topological polar surface area (TPSA) is 90.2 Å². The Morgan fingerprint density at radius 3 is 1.38 bits per heavy atom. The molecule has 0 heterocycles. The van der Waals surface area contributed by atoms with Crippen LogP contribution in [0.5, 0.6) is 11.5 Å². The zero-order valence-electron chi connectivity index (χ0n) is 11.5. The minimum atomic E-state index is -0.264. The van der Waals surface area contributed by atoms with Gasteiger partial charge in [0.25, 0.3) is 0 Å². The summed E-state index contributed by atoms with van der Waals surface area (Å²) in [5.74, 6) is 0.822. The first-order valence-corrected chi connectivity index (χ1v) is 6.58. The van der Waals surface area contributed by atoms with Crippen LogP contribution in [0.15, 0.2) is 36.4 Å². The Morgan fingerprint density at radius 2 is 1.05 bits per heavy atom. The third-order valence-corrected chi connectivity index (χ3v) is 3.34. The molecule has 4 N–H and O–H groups in total. The van der Waals surface area contributed by atoms with Crippen molar-refractivity contribution < 1.29 is 25.2 Å². The fraction of sp³-hybridized carbons (Fsp3) is 0.250. The highest BCUT2D eigenvalue weighted by Gasteiger charge is 2.13. The van der Waals surface area contributed by atoms with Gasteiger partial charge in [-0.3, -0.25) is 0 Å². The number of benzene rings is 2. The van der Waals surface area contributed by atoms with Crippen LogP contribution in [0.3, 0.4) is 0 Å². The molecule has 0 amide bonds. The van der Waals surface area contributed by atoms with Crippen molar-refractivity contribution in [3.63, 3.8) is 0 Å². The van der Waals surface area contributed by atoms with Crippen molar-refractivity contribution in [3.8, 4) is 11.5 Å². The number of rotatable bonds is 6. The van der Waals surface area contributed by atoms with E-state index in [-0.39, 0.29) is 26.4 Å². The number of hydrogen-bond donors (Lipinski definition) is 4. The monoisotopic (exact) mass is 290 g/mol. The SMILES string of the molecule is OCc1cccc(Oc2cccc(CO)c2CO)c1CO.